The Balaban J connectivity index is -0.000000287. The summed E-state index contributed by atoms with van der Waals surface area (Å²) in [4.78, 5) is 30.2. The number of nitrogens with one attached hydrogen (secondary N) is 4. The van der Waals surface area contributed by atoms with Crippen LogP contribution < -0.4 is 21.3 Å². The second kappa shape index (κ2) is 59.1. The minimum Gasteiger partial charge on any atom is -0.475 e. The van der Waals surface area contributed by atoms with Crippen molar-refractivity contribution >= 4 is 40.3 Å². The van der Waals surface area contributed by atoms with Gasteiger partial charge in [-0.1, -0.05) is 125 Å². The number of carbonyl (C=O) groups excluding carboxylic acids is 3. The maximum Gasteiger partial charge on any atom is 2.00 e. The number of rotatable bonds is 31. The van der Waals surface area contributed by atoms with Gasteiger partial charge < -0.3 is 38.2 Å². The van der Waals surface area contributed by atoms with E-state index < -0.39 is 0 Å². The molecule has 0 aromatic heterocycles. The molecule has 0 aliphatic carbocycles. The summed E-state index contributed by atoms with van der Waals surface area (Å²) in [5.74, 6) is 2.27. The average molecular weight is 989 g/mol. The average Bonchev–Trinajstić information content (AvgIpc) is 3.08. The molecule has 304 valence electrons. The maximum atomic E-state index is 12.1. The van der Waals surface area contributed by atoms with Crippen LogP contribution in [0.5, 0.6) is 0 Å². The van der Waals surface area contributed by atoms with Gasteiger partial charge in [0.05, 0.1) is 18.3 Å². The van der Waals surface area contributed by atoms with E-state index in [-0.39, 0.29) is 62.8 Å². The molecular weight excluding hydrogens is 907 g/mol. The van der Waals surface area contributed by atoms with Crippen molar-refractivity contribution in [2.45, 2.75) is 169 Å². The fraction of sp³-hybridized carbons (Fsp3) is 0.821. The molecule has 9 nitrogen and oxygen atoms in total. The van der Waals surface area contributed by atoms with Gasteiger partial charge in [-0.05, 0) is 59.7 Å². The number of ether oxygens (including phenoxy) is 2. The SMILES string of the molecule is C/C=C\NC.CCCCCCCCCCCCSSCCC(=O)NCCCOC(CC)[C@@H](CCCCC)OC(C)C.O=CNC=O.[CH2-]NC.[CH3-].[U+2]. The van der Waals surface area contributed by atoms with Crippen LogP contribution in [0.15, 0.2) is 12.3 Å². The predicted octanol–water partition coefficient (Wildman–Crippen LogP) is 9.43. The van der Waals surface area contributed by atoms with E-state index >= 15 is 0 Å². The van der Waals surface area contributed by atoms with Crippen molar-refractivity contribution in [3.63, 3.8) is 0 Å². The molecule has 2 atom stereocenters. The van der Waals surface area contributed by atoms with E-state index in [1.54, 1.807) is 12.4 Å². The summed E-state index contributed by atoms with van der Waals surface area (Å²) in [6.45, 7) is 14.2. The van der Waals surface area contributed by atoms with Crippen molar-refractivity contribution in [2.24, 2.45) is 0 Å². The smallest absolute Gasteiger partial charge is 0.475 e. The Kier molecular flexibility index (Phi) is 72.7. The molecule has 4 N–H and O–H groups in total. The first-order valence-corrected chi connectivity index (χ1v) is 21.4. The van der Waals surface area contributed by atoms with Crippen LogP contribution in [0.4, 0.5) is 0 Å². The third-order valence-corrected chi connectivity index (χ3v) is 9.37. The molecule has 0 aliphatic rings. The fourth-order valence-corrected chi connectivity index (χ4v) is 6.63. The van der Waals surface area contributed by atoms with Crippen LogP contribution in [0.25, 0.3) is 0 Å². The van der Waals surface area contributed by atoms with Crippen LogP contribution in [-0.2, 0) is 23.9 Å². The zero-order chi connectivity index (χ0) is 37.6. The van der Waals surface area contributed by atoms with E-state index in [1.165, 1.54) is 89.2 Å². The number of carbonyl (C=O) groups is 3. The topological polar surface area (TPSA) is 118 Å². The van der Waals surface area contributed by atoms with Gasteiger partial charge in [0.2, 0.25) is 18.7 Å². The third kappa shape index (κ3) is 62.1. The Hall–Kier alpha value is -0.218. The molecule has 0 spiro atoms. The normalized spacial score (nSPS) is 11.2. The number of amides is 3. The fourth-order valence-electron chi connectivity index (χ4n) is 4.49. The first-order valence-electron chi connectivity index (χ1n) is 18.9. The van der Waals surface area contributed by atoms with Gasteiger partial charge in [0.15, 0.2) is 0 Å². The van der Waals surface area contributed by atoms with Crippen molar-refractivity contribution in [3.05, 3.63) is 26.8 Å². The van der Waals surface area contributed by atoms with Gasteiger partial charge in [-0.3, -0.25) is 21.4 Å². The minimum absolute atomic E-state index is 0. The molecule has 0 bridgehead atoms. The third-order valence-electron chi connectivity index (χ3n) is 6.88. The van der Waals surface area contributed by atoms with Crippen LogP contribution in [0, 0.1) is 45.6 Å². The molecule has 0 aliphatic heterocycles. The zero-order valence-electron chi connectivity index (χ0n) is 34.5. The Morgan fingerprint density at radius 2 is 1.29 bits per heavy atom. The molecule has 0 aromatic carbocycles. The first-order chi connectivity index (χ1) is 23.8. The van der Waals surface area contributed by atoms with Crippen LogP contribution >= 0.6 is 21.6 Å². The molecule has 51 heavy (non-hydrogen) atoms. The van der Waals surface area contributed by atoms with Crippen molar-refractivity contribution in [1.82, 2.24) is 21.3 Å². The summed E-state index contributed by atoms with van der Waals surface area (Å²) in [7, 11) is 10.6. The Bertz CT molecular complexity index is 678. The Morgan fingerprint density at radius 3 is 1.73 bits per heavy atom. The molecule has 1 unspecified atom stereocenters. The summed E-state index contributed by atoms with van der Waals surface area (Å²) < 4.78 is 12.3. The van der Waals surface area contributed by atoms with Gasteiger partial charge in [-0.25, -0.2) is 0 Å². The van der Waals surface area contributed by atoms with E-state index in [4.69, 9.17) is 19.1 Å². The zero-order valence-corrected chi connectivity index (χ0v) is 40.3. The Labute approximate surface area is 348 Å². The van der Waals surface area contributed by atoms with E-state index in [1.807, 2.05) is 47.8 Å². The van der Waals surface area contributed by atoms with Gasteiger partial charge in [-0.2, -0.15) is 0 Å². The van der Waals surface area contributed by atoms with Crippen molar-refractivity contribution in [1.29, 1.82) is 0 Å². The summed E-state index contributed by atoms with van der Waals surface area (Å²) in [5, 5.41) is 10.1. The molecule has 0 saturated heterocycles. The monoisotopic (exact) mass is 989 g/mol. The standard InChI is InChI=1S/C30H61NO3S2.C4H9N.C2H3NO2.C2H6N.CH3.U/c1-6-9-11-12-13-14-15-16-17-19-25-35-36-26-22-30(32)31-23-20-24-33-28(8-3)29(34-27(4)5)21-18-10-7-2;1-3-4-5-2;4-1-3-2-5;1-3-2;;/h27-29H,6-26H2,1-5H3,(H,31,32);3-5H,1-2H3;1-2H,(H,3,4,5);3H,1H2,2H3;1H3;/q;;;2*-1;+2/b;4-3-;;;;/t28?,29-;;;;;/m1...../s1. The second-order valence-electron chi connectivity index (χ2n) is 11.9. The molecule has 0 saturated carbocycles. The van der Waals surface area contributed by atoms with E-state index in [0.717, 1.165) is 25.0 Å². The summed E-state index contributed by atoms with van der Waals surface area (Å²) in [5.41, 5.74) is 0. The quantitative estimate of drug-likeness (QED) is 0.0233. The van der Waals surface area contributed by atoms with Crippen LogP contribution in [0.1, 0.15) is 151 Å². The predicted molar refractivity (Wildman–Crippen MR) is 223 cm³/mol. The van der Waals surface area contributed by atoms with Gasteiger partial charge in [0.25, 0.3) is 0 Å². The molecule has 0 rings (SSSR count). The number of imide groups is 1. The summed E-state index contributed by atoms with van der Waals surface area (Å²) in [6.07, 6.45) is 26.0. The van der Waals surface area contributed by atoms with Crippen molar-refractivity contribution < 1.29 is 55.0 Å². The molecule has 0 aromatic rings. The molecular formula is C39H82N4O5S2U. The molecule has 0 fully saturated rings. The van der Waals surface area contributed by atoms with Gasteiger partial charge in [-0.15, -0.1) is 0 Å². The number of hydrogen-bond acceptors (Lipinski definition) is 9. The van der Waals surface area contributed by atoms with E-state index in [9.17, 15) is 4.79 Å². The summed E-state index contributed by atoms with van der Waals surface area (Å²) >= 11 is 0. The van der Waals surface area contributed by atoms with Gasteiger partial charge in [0, 0.05) is 38.1 Å². The van der Waals surface area contributed by atoms with Gasteiger partial charge >= 0.3 is 31.1 Å². The molecule has 0 heterocycles. The molecule has 0 radical (unpaired) electrons. The summed E-state index contributed by atoms with van der Waals surface area (Å²) in [6, 6.07) is 0. The largest absolute Gasteiger partial charge is 2.00 e. The van der Waals surface area contributed by atoms with Crippen molar-refractivity contribution in [2.75, 3.05) is 38.8 Å². The van der Waals surface area contributed by atoms with Crippen LogP contribution in [-0.4, -0.2) is 75.8 Å². The van der Waals surface area contributed by atoms with E-state index in [0.29, 0.717) is 32.4 Å². The number of hydrogen-bond donors (Lipinski definition) is 4. The minimum atomic E-state index is 0. The van der Waals surface area contributed by atoms with Crippen molar-refractivity contribution in [3.8, 4) is 0 Å². The number of unbranched alkanes of at least 4 members (excludes halogenated alkanes) is 11. The van der Waals surface area contributed by atoms with Gasteiger partial charge in [0.1, 0.15) is 0 Å². The van der Waals surface area contributed by atoms with E-state index in [2.05, 4.69) is 57.6 Å². The number of allylic oxidation sites excluding steroid dienone is 1. The maximum absolute atomic E-state index is 12.1. The Morgan fingerprint density at radius 1 is 0.784 bits per heavy atom. The molecule has 12 heteroatoms. The van der Waals surface area contributed by atoms with Crippen LogP contribution in [0.3, 0.4) is 0 Å². The molecule has 3 amide bonds. The first kappa shape index (κ1) is 62.8. The van der Waals surface area contributed by atoms with Crippen LogP contribution in [0.2, 0.25) is 0 Å². The second-order valence-corrected chi connectivity index (χ2v) is 14.6.